The largest absolute Gasteiger partial charge is 0.469 e. The van der Waals surface area contributed by atoms with Gasteiger partial charge in [-0.05, 0) is 18.6 Å². The van der Waals surface area contributed by atoms with E-state index in [0.717, 1.165) is 0 Å². The van der Waals surface area contributed by atoms with E-state index in [-0.39, 0.29) is 30.8 Å². The molecule has 1 rings (SSSR count). The van der Waals surface area contributed by atoms with E-state index in [2.05, 4.69) is 10.1 Å². The summed E-state index contributed by atoms with van der Waals surface area (Å²) >= 11 is 0. The highest BCUT2D eigenvalue weighted by atomic mass is 16.5. The number of carbonyl (C=O) groups is 2. The maximum absolute atomic E-state index is 11.6. The summed E-state index contributed by atoms with van der Waals surface area (Å²) in [5.74, 6) is 0.126. The molecule has 1 atom stereocenters. The van der Waals surface area contributed by atoms with Crippen molar-refractivity contribution < 1.29 is 18.7 Å². The van der Waals surface area contributed by atoms with E-state index in [4.69, 9.17) is 4.42 Å². The second-order valence-corrected chi connectivity index (χ2v) is 3.71. The first kappa shape index (κ1) is 13.3. The molecule has 0 fully saturated rings. The van der Waals surface area contributed by atoms with Gasteiger partial charge in [-0.25, -0.2) is 0 Å². The molecule has 5 heteroatoms. The first-order valence-electron chi connectivity index (χ1n) is 5.54. The first-order valence-corrected chi connectivity index (χ1v) is 5.54. The zero-order valence-electron chi connectivity index (χ0n) is 10.1. The van der Waals surface area contributed by atoms with Gasteiger partial charge in [0.2, 0.25) is 5.91 Å². The molecule has 0 aliphatic carbocycles. The summed E-state index contributed by atoms with van der Waals surface area (Å²) in [6.07, 6.45) is 2.58. The summed E-state index contributed by atoms with van der Waals surface area (Å²) in [6, 6.07) is 3.28. The normalized spacial score (nSPS) is 11.9. The Morgan fingerprint density at radius 1 is 1.53 bits per heavy atom. The molecule has 94 valence electrons. The number of furan rings is 1. The molecule has 1 N–H and O–H groups in total. The highest BCUT2D eigenvalue weighted by Crippen LogP contribution is 2.03. The molecule has 0 radical (unpaired) electrons. The fourth-order valence-corrected chi connectivity index (χ4v) is 1.43. The fraction of sp³-hybridized carbons (Fsp3) is 0.500. The molecule has 0 aliphatic rings. The van der Waals surface area contributed by atoms with E-state index >= 15 is 0 Å². The monoisotopic (exact) mass is 239 g/mol. The predicted molar refractivity (Wildman–Crippen MR) is 61.3 cm³/mol. The zero-order valence-corrected chi connectivity index (χ0v) is 10.1. The number of methoxy groups -OCH3 is 1. The molecule has 1 amide bonds. The topological polar surface area (TPSA) is 68.5 Å². The summed E-state index contributed by atoms with van der Waals surface area (Å²) in [4.78, 5) is 22.7. The molecule has 0 saturated carbocycles. The lowest BCUT2D eigenvalue weighted by Crippen LogP contribution is -2.37. The third kappa shape index (κ3) is 4.72. The van der Waals surface area contributed by atoms with Gasteiger partial charge in [-0.15, -0.1) is 0 Å². The molecular formula is C12H17NO4. The van der Waals surface area contributed by atoms with Crippen LogP contribution in [0.4, 0.5) is 0 Å². The maximum atomic E-state index is 11.6. The molecule has 5 nitrogen and oxygen atoms in total. The van der Waals surface area contributed by atoms with Gasteiger partial charge in [-0.3, -0.25) is 9.59 Å². The molecule has 0 spiro atoms. The predicted octanol–water partition coefficient (Wildman–Crippen LogP) is 1.28. The van der Waals surface area contributed by atoms with Crippen molar-refractivity contribution in [2.24, 2.45) is 0 Å². The lowest BCUT2D eigenvalue weighted by molar-refractivity contribution is -0.141. The number of amides is 1. The van der Waals surface area contributed by atoms with Crippen molar-refractivity contribution in [2.45, 2.75) is 32.2 Å². The van der Waals surface area contributed by atoms with Crippen LogP contribution < -0.4 is 5.32 Å². The Morgan fingerprint density at radius 2 is 2.29 bits per heavy atom. The quantitative estimate of drug-likeness (QED) is 0.759. The minimum Gasteiger partial charge on any atom is -0.469 e. The highest BCUT2D eigenvalue weighted by Gasteiger charge is 2.15. The van der Waals surface area contributed by atoms with Crippen molar-refractivity contribution in [1.82, 2.24) is 5.32 Å². The van der Waals surface area contributed by atoms with Crippen LogP contribution in [0.3, 0.4) is 0 Å². The second-order valence-electron chi connectivity index (χ2n) is 3.71. The van der Waals surface area contributed by atoms with Crippen LogP contribution in [0.15, 0.2) is 22.8 Å². The average Bonchev–Trinajstić information content (AvgIpc) is 2.80. The van der Waals surface area contributed by atoms with Crippen LogP contribution >= 0.6 is 0 Å². The summed E-state index contributed by atoms with van der Waals surface area (Å²) in [5.41, 5.74) is 0. The van der Waals surface area contributed by atoms with E-state index in [9.17, 15) is 9.59 Å². The van der Waals surface area contributed by atoms with Gasteiger partial charge in [0.1, 0.15) is 5.76 Å². The molecule has 17 heavy (non-hydrogen) atoms. The Bertz CT molecular complexity index is 359. The van der Waals surface area contributed by atoms with E-state index in [1.807, 2.05) is 6.92 Å². The third-order valence-electron chi connectivity index (χ3n) is 2.41. The van der Waals surface area contributed by atoms with Crippen LogP contribution in [0.5, 0.6) is 0 Å². The van der Waals surface area contributed by atoms with Gasteiger partial charge in [0.25, 0.3) is 0 Å². The molecule has 0 bridgehead atoms. The Labute approximate surface area is 100 Å². The van der Waals surface area contributed by atoms with Crippen LogP contribution in [-0.4, -0.2) is 25.0 Å². The van der Waals surface area contributed by atoms with E-state index in [1.54, 1.807) is 12.1 Å². The lowest BCUT2D eigenvalue weighted by Gasteiger charge is -2.15. The van der Waals surface area contributed by atoms with Crippen molar-refractivity contribution in [3.63, 3.8) is 0 Å². The smallest absolute Gasteiger partial charge is 0.307 e. The number of hydrogen-bond acceptors (Lipinski definition) is 4. The Morgan fingerprint density at radius 3 is 2.82 bits per heavy atom. The van der Waals surface area contributed by atoms with Crippen LogP contribution in [0.2, 0.25) is 0 Å². The van der Waals surface area contributed by atoms with Crippen molar-refractivity contribution in [2.75, 3.05) is 7.11 Å². The summed E-state index contributed by atoms with van der Waals surface area (Å²) in [5, 5.41) is 2.77. The minimum absolute atomic E-state index is 0.157. The summed E-state index contributed by atoms with van der Waals surface area (Å²) in [6.45, 7) is 1.90. The van der Waals surface area contributed by atoms with Gasteiger partial charge in [0, 0.05) is 6.04 Å². The standard InChI is InChI=1S/C12H17NO4/c1-3-9(7-12(15)16-2)13-11(14)8-10-5-4-6-17-10/h4-6,9H,3,7-8H2,1-2H3,(H,13,14). The second kappa shape index (κ2) is 6.73. The summed E-state index contributed by atoms with van der Waals surface area (Å²) < 4.78 is 9.63. The molecule has 0 aliphatic heterocycles. The average molecular weight is 239 g/mol. The SMILES string of the molecule is CCC(CC(=O)OC)NC(=O)Cc1ccco1. The first-order chi connectivity index (χ1) is 8.15. The Hall–Kier alpha value is -1.78. The van der Waals surface area contributed by atoms with Crippen molar-refractivity contribution in [3.05, 3.63) is 24.2 Å². The molecule has 1 aromatic rings. The molecule has 1 heterocycles. The minimum atomic E-state index is -0.324. The van der Waals surface area contributed by atoms with Gasteiger partial charge >= 0.3 is 5.97 Å². The maximum Gasteiger partial charge on any atom is 0.307 e. The van der Waals surface area contributed by atoms with Crippen LogP contribution in [0, 0.1) is 0 Å². The van der Waals surface area contributed by atoms with Gasteiger partial charge in [0.15, 0.2) is 0 Å². The van der Waals surface area contributed by atoms with Crippen LogP contribution in [0.25, 0.3) is 0 Å². The number of esters is 1. The number of ether oxygens (including phenoxy) is 1. The number of nitrogens with one attached hydrogen (secondary N) is 1. The molecule has 0 aromatic carbocycles. The molecular weight excluding hydrogens is 222 g/mol. The van der Waals surface area contributed by atoms with Crippen LogP contribution in [0.1, 0.15) is 25.5 Å². The van der Waals surface area contributed by atoms with Crippen molar-refractivity contribution in [3.8, 4) is 0 Å². The van der Waals surface area contributed by atoms with Crippen molar-refractivity contribution >= 4 is 11.9 Å². The van der Waals surface area contributed by atoms with Crippen molar-refractivity contribution in [1.29, 1.82) is 0 Å². The van der Waals surface area contributed by atoms with Gasteiger partial charge in [0.05, 0.1) is 26.2 Å². The highest BCUT2D eigenvalue weighted by molar-refractivity contribution is 5.79. The Kier molecular flexibility index (Phi) is 5.26. The number of hydrogen-bond donors (Lipinski definition) is 1. The zero-order chi connectivity index (χ0) is 12.7. The summed E-state index contributed by atoms with van der Waals surface area (Å²) in [7, 11) is 1.33. The fourth-order valence-electron chi connectivity index (χ4n) is 1.43. The van der Waals surface area contributed by atoms with Gasteiger partial charge in [-0.1, -0.05) is 6.92 Å². The number of rotatable bonds is 6. The third-order valence-corrected chi connectivity index (χ3v) is 2.41. The van der Waals surface area contributed by atoms with E-state index in [0.29, 0.717) is 12.2 Å². The Balaban J connectivity index is 2.39. The molecule has 1 unspecified atom stereocenters. The van der Waals surface area contributed by atoms with E-state index in [1.165, 1.54) is 13.4 Å². The van der Waals surface area contributed by atoms with Crippen LogP contribution in [-0.2, 0) is 20.7 Å². The van der Waals surface area contributed by atoms with Gasteiger partial charge < -0.3 is 14.5 Å². The van der Waals surface area contributed by atoms with Gasteiger partial charge in [-0.2, -0.15) is 0 Å². The van der Waals surface area contributed by atoms with E-state index < -0.39 is 0 Å². The molecule has 0 saturated heterocycles. The lowest BCUT2D eigenvalue weighted by atomic mass is 10.1. The number of carbonyl (C=O) groups excluding carboxylic acids is 2. The molecule has 1 aromatic heterocycles.